The van der Waals surface area contributed by atoms with Crippen LogP contribution in [0.4, 0.5) is 11.5 Å². The molecular formula is C23H24N4O3. The van der Waals surface area contributed by atoms with Gasteiger partial charge in [0.05, 0.1) is 19.9 Å². The van der Waals surface area contributed by atoms with Gasteiger partial charge >= 0.3 is 0 Å². The van der Waals surface area contributed by atoms with Crippen molar-refractivity contribution in [1.82, 2.24) is 10.2 Å². The first-order valence-corrected chi connectivity index (χ1v) is 9.90. The van der Waals surface area contributed by atoms with E-state index < -0.39 is 0 Å². The maximum Gasteiger partial charge on any atom is 0.255 e. The molecule has 7 heteroatoms. The summed E-state index contributed by atoms with van der Waals surface area (Å²) in [6.07, 6.45) is 2.41. The summed E-state index contributed by atoms with van der Waals surface area (Å²) in [7, 11) is 3.10. The molecule has 0 radical (unpaired) electrons. The van der Waals surface area contributed by atoms with Gasteiger partial charge in [-0.05, 0) is 49.2 Å². The lowest BCUT2D eigenvalue weighted by atomic mass is 10.1. The number of benzene rings is 2. The molecule has 0 saturated carbocycles. The van der Waals surface area contributed by atoms with Crippen LogP contribution in [0.1, 0.15) is 23.2 Å². The van der Waals surface area contributed by atoms with Gasteiger partial charge in [0.15, 0.2) is 5.82 Å². The highest BCUT2D eigenvalue weighted by atomic mass is 16.5. The number of aromatic nitrogens is 2. The summed E-state index contributed by atoms with van der Waals surface area (Å²) in [5.74, 6) is 1.81. The van der Waals surface area contributed by atoms with E-state index in [0.29, 0.717) is 22.7 Å². The Hall–Kier alpha value is -3.61. The average molecular weight is 404 g/mol. The van der Waals surface area contributed by atoms with Crippen molar-refractivity contribution in [3.05, 3.63) is 60.2 Å². The molecule has 30 heavy (non-hydrogen) atoms. The zero-order valence-corrected chi connectivity index (χ0v) is 17.1. The fourth-order valence-corrected chi connectivity index (χ4v) is 3.46. The quantitative estimate of drug-likeness (QED) is 0.669. The number of hydrogen-bond acceptors (Lipinski definition) is 6. The van der Waals surface area contributed by atoms with Crippen LogP contribution in [0.5, 0.6) is 11.5 Å². The highest BCUT2D eigenvalue weighted by Gasteiger charge is 2.14. The molecule has 1 N–H and O–H groups in total. The van der Waals surface area contributed by atoms with Crippen molar-refractivity contribution in [3.8, 4) is 22.8 Å². The smallest absolute Gasteiger partial charge is 0.255 e. The van der Waals surface area contributed by atoms with Gasteiger partial charge in [0.1, 0.15) is 11.5 Å². The van der Waals surface area contributed by atoms with Gasteiger partial charge < -0.3 is 19.7 Å². The first kappa shape index (κ1) is 19.7. The zero-order chi connectivity index (χ0) is 20.9. The lowest BCUT2D eigenvalue weighted by Crippen LogP contribution is -2.19. The molecule has 154 valence electrons. The molecule has 2 heterocycles. The minimum Gasteiger partial charge on any atom is -0.497 e. The number of nitrogens with one attached hydrogen (secondary N) is 1. The molecule has 1 aromatic heterocycles. The molecule has 1 aliphatic heterocycles. The molecule has 4 rings (SSSR count). The highest BCUT2D eigenvalue weighted by molar-refractivity contribution is 6.04. The number of methoxy groups -OCH3 is 2. The van der Waals surface area contributed by atoms with Crippen LogP contribution in [-0.2, 0) is 0 Å². The topological polar surface area (TPSA) is 76.6 Å². The van der Waals surface area contributed by atoms with Crippen molar-refractivity contribution in [2.24, 2.45) is 0 Å². The molecule has 7 nitrogen and oxygen atoms in total. The van der Waals surface area contributed by atoms with Crippen LogP contribution >= 0.6 is 0 Å². The minimum absolute atomic E-state index is 0.241. The molecular weight excluding hydrogens is 380 g/mol. The van der Waals surface area contributed by atoms with Gasteiger partial charge in [-0.25, -0.2) is 0 Å². The molecule has 0 aliphatic carbocycles. The SMILES string of the molecule is COc1cc(OC)cc(C(=O)Nc2ccc(-c3ccc(N4CCCC4)nn3)cc2)c1. The second kappa shape index (κ2) is 8.82. The van der Waals surface area contributed by atoms with Gasteiger partial charge in [-0.1, -0.05) is 12.1 Å². The van der Waals surface area contributed by atoms with Crippen LogP contribution in [0, 0.1) is 0 Å². The Labute approximate surface area is 175 Å². The normalized spacial score (nSPS) is 13.2. The number of rotatable bonds is 6. The predicted molar refractivity (Wildman–Crippen MR) is 116 cm³/mol. The lowest BCUT2D eigenvalue weighted by molar-refractivity contribution is 0.102. The van der Waals surface area contributed by atoms with Crippen molar-refractivity contribution in [3.63, 3.8) is 0 Å². The average Bonchev–Trinajstić information content (AvgIpc) is 3.34. The number of ether oxygens (including phenoxy) is 2. The van der Waals surface area contributed by atoms with Crippen molar-refractivity contribution < 1.29 is 14.3 Å². The second-order valence-corrected chi connectivity index (χ2v) is 7.10. The van der Waals surface area contributed by atoms with Crippen LogP contribution < -0.4 is 19.7 Å². The maximum atomic E-state index is 12.6. The Balaban J connectivity index is 1.45. The van der Waals surface area contributed by atoms with E-state index in [-0.39, 0.29) is 5.91 Å². The van der Waals surface area contributed by atoms with Gasteiger partial charge in [0.2, 0.25) is 0 Å². The highest BCUT2D eigenvalue weighted by Crippen LogP contribution is 2.25. The van der Waals surface area contributed by atoms with Crippen molar-refractivity contribution >= 4 is 17.4 Å². The molecule has 3 aromatic rings. The summed E-state index contributed by atoms with van der Waals surface area (Å²) < 4.78 is 10.5. The fraction of sp³-hybridized carbons (Fsp3) is 0.261. The van der Waals surface area contributed by atoms with Crippen LogP contribution in [0.15, 0.2) is 54.6 Å². The number of anilines is 2. The number of hydrogen-bond donors (Lipinski definition) is 1. The van der Waals surface area contributed by atoms with E-state index in [0.717, 1.165) is 30.2 Å². The van der Waals surface area contributed by atoms with Crippen LogP contribution in [-0.4, -0.2) is 43.4 Å². The Kier molecular flexibility index (Phi) is 5.79. The van der Waals surface area contributed by atoms with Crippen LogP contribution in [0.2, 0.25) is 0 Å². The van der Waals surface area contributed by atoms with Gasteiger partial charge in [-0.2, -0.15) is 0 Å². The molecule has 1 amide bonds. The number of carbonyl (C=O) groups excluding carboxylic acids is 1. The number of amides is 1. The third-order valence-electron chi connectivity index (χ3n) is 5.13. The third kappa shape index (κ3) is 4.35. The van der Waals surface area contributed by atoms with E-state index in [9.17, 15) is 4.79 Å². The van der Waals surface area contributed by atoms with E-state index in [1.807, 2.05) is 36.4 Å². The predicted octanol–water partition coefficient (Wildman–Crippen LogP) is 4.01. The second-order valence-electron chi connectivity index (χ2n) is 7.10. The van der Waals surface area contributed by atoms with Crippen molar-refractivity contribution in [2.45, 2.75) is 12.8 Å². The van der Waals surface area contributed by atoms with E-state index in [4.69, 9.17) is 9.47 Å². The van der Waals surface area contributed by atoms with Crippen molar-refractivity contribution in [1.29, 1.82) is 0 Å². The standard InChI is InChI=1S/C23H24N4O3/c1-29-19-13-17(14-20(15-19)30-2)23(28)24-18-7-5-16(6-8-18)21-9-10-22(26-25-21)27-11-3-4-12-27/h5-10,13-15H,3-4,11-12H2,1-2H3,(H,24,28). The molecule has 1 fully saturated rings. The molecule has 1 saturated heterocycles. The summed E-state index contributed by atoms with van der Waals surface area (Å²) in [6, 6.07) is 16.6. The maximum absolute atomic E-state index is 12.6. The van der Waals surface area contributed by atoms with E-state index in [1.165, 1.54) is 12.8 Å². The Morgan fingerprint density at radius 3 is 2.13 bits per heavy atom. The summed E-state index contributed by atoms with van der Waals surface area (Å²) in [6.45, 7) is 2.09. The summed E-state index contributed by atoms with van der Waals surface area (Å²) in [5.41, 5.74) is 2.88. The molecule has 1 aliphatic rings. The van der Waals surface area contributed by atoms with E-state index >= 15 is 0 Å². The summed E-state index contributed by atoms with van der Waals surface area (Å²) in [4.78, 5) is 14.9. The van der Waals surface area contributed by atoms with Gasteiger partial charge in [0, 0.05) is 36.0 Å². The first-order chi connectivity index (χ1) is 14.7. The molecule has 2 aromatic carbocycles. The zero-order valence-electron chi connectivity index (χ0n) is 17.1. The largest absolute Gasteiger partial charge is 0.497 e. The van der Waals surface area contributed by atoms with Gasteiger partial charge in [0.25, 0.3) is 5.91 Å². The van der Waals surface area contributed by atoms with Gasteiger partial charge in [-0.15, -0.1) is 10.2 Å². The number of nitrogens with zero attached hydrogens (tertiary/aromatic N) is 3. The Morgan fingerprint density at radius 1 is 0.900 bits per heavy atom. The summed E-state index contributed by atoms with van der Waals surface area (Å²) >= 11 is 0. The number of carbonyl (C=O) groups is 1. The minimum atomic E-state index is -0.241. The Morgan fingerprint density at radius 2 is 1.57 bits per heavy atom. The van der Waals surface area contributed by atoms with E-state index in [2.05, 4.69) is 20.4 Å². The van der Waals surface area contributed by atoms with Gasteiger partial charge in [-0.3, -0.25) is 4.79 Å². The summed E-state index contributed by atoms with van der Waals surface area (Å²) in [5, 5.41) is 11.6. The molecule has 0 unspecified atom stereocenters. The molecule has 0 bridgehead atoms. The lowest BCUT2D eigenvalue weighted by Gasteiger charge is -2.15. The molecule has 0 spiro atoms. The molecule has 0 atom stereocenters. The fourth-order valence-electron chi connectivity index (χ4n) is 3.46. The third-order valence-corrected chi connectivity index (χ3v) is 5.13. The van der Waals surface area contributed by atoms with Crippen LogP contribution in [0.25, 0.3) is 11.3 Å². The van der Waals surface area contributed by atoms with Crippen molar-refractivity contribution in [2.75, 3.05) is 37.5 Å². The Bertz CT molecular complexity index is 991. The van der Waals surface area contributed by atoms with E-state index in [1.54, 1.807) is 32.4 Å². The van der Waals surface area contributed by atoms with Crippen LogP contribution in [0.3, 0.4) is 0 Å². The first-order valence-electron chi connectivity index (χ1n) is 9.90. The monoisotopic (exact) mass is 404 g/mol.